The molecule has 0 radical (unpaired) electrons. The molecule has 100 valence electrons. The van der Waals surface area contributed by atoms with E-state index < -0.39 is 0 Å². The predicted molar refractivity (Wildman–Crippen MR) is 72.5 cm³/mol. The first kappa shape index (κ1) is 13.5. The Morgan fingerprint density at radius 1 is 1.28 bits per heavy atom. The Morgan fingerprint density at radius 2 is 2.06 bits per heavy atom. The van der Waals surface area contributed by atoms with E-state index in [0.29, 0.717) is 6.61 Å². The van der Waals surface area contributed by atoms with Crippen LogP contribution < -0.4 is 5.32 Å². The topological polar surface area (TPSA) is 30.5 Å². The van der Waals surface area contributed by atoms with Gasteiger partial charge in [0.15, 0.2) is 0 Å². The third-order valence-corrected chi connectivity index (χ3v) is 3.15. The zero-order valence-electron chi connectivity index (χ0n) is 11.2. The molecule has 0 saturated carbocycles. The summed E-state index contributed by atoms with van der Waals surface area (Å²) in [5, 5.41) is 3.40. The highest BCUT2D eigenvalue weighted by Crippen LogP contribution is 2.12. The van der Waals surface area contributed by atoms with Gasteiger partial charge < -0.3 is 14.8 Å². The Morgan fingerprint density at radius 3 is 2.72 bits per heavy atom. The Bertz CT molecular complexity index is 331. The summed E-state index contributed by atoms with van der Waals surface area (Å²) >= 11 is 0. The van der Waals surface area contributed by atoms with Crippen molar-refractivity contribution in [1.82, 2.24) is 5.32 Å². The molecule has 3 heteroatoms. The van der Waals surface area contributed by atoms with Gasteiger partial charge in [-0.3, -0.25) is 0 Å². The number of rotatable bonds is 7. The van der Waals surface area contributed by atoms with Crippen LogP contribution in [0, 0.1) is 0 Å². The maximum atomic E-state index is 5.79. The van der Waals surface area contributed by atoms with Gasteiger partial charge in [0.2, 0.25) is 0 Å². The average Bonchev–Trinajstić information content (AvgIpc) is 2.91. The average molecular weight is 249 g/mol. The Hall–Kier alpha value is -0.900. The van der Waals surface area contributed by atoms with Crippen molar-refractivity contribution in [3.05, 3.63) is 35.4 Å². The minimum atomic E-state index is 0.288. The maximum absolute atomic E-state index is 5.79. The molecule has 1 heterocycles. The zero-order valence-corrected chi connectivity index (χ0v) is 11.2. The molecule has 1 unspecified atom stereocenters. The second-order valence-electron chi connectivity index (χ2n) is 4.79. The fourth-order valence-corrected chi connectivity index (χ4v) is 2.02. The highest BCUT2D eigenvalue weighted by molar-refractivity contribution is 5.21. The fourth-order valence-electron chi connectivity index (χ4n) is 2.02. The monoisotopic (exact) mass is 249 g/mol. The van der Waals surface area contributed by atoms with Crippen LogP contribution in [0.2, 0.25) is 0 Å². The number of hydrogen-bond donors (Lipinski definition) is 1. The lowest BCUT2D eigenvalue weighted by Gasteiger charge is -2.10. The van der Waals surface area contributed by atoms with Crippen molar-refractivity contribution in [1.29, 1.82) is 0 Å². The fraction of sp³-hybridized carbons (Fsp3) is 0.600. The molecule has 0 aliphatic carbocycles. The standard InChI is InChI=1S/C15H23NO2/c1-2-8-16-10-13-3-5-14(6-4-13)11-18-15-7-9-17-12-15/h3-6,15-16H,2,7-12H2,1H3. The molecule has 0 spiro atoms. The van der Waals surface area contributed by atoms with Gasteiger partial charge in [-0.2, -0.15) is 0 Å². The van der Waals surface area contributed by atoms with Crippen molar-refractivity contribution in [2.24, 2.45) is 0 Å². The largest absolute Gasteiger partial charge is 0.379 e. The molecule has 2 rings (SSSR count). The van der Waals surface area contributed by atoms with Gasteiger partial charge in [0.05, 0.1) is 19.3 Å². The molecule has 1 saturated heterocycles. The van der Waals surface area contributed by atoms with E-state index in [-0.39, 0.29) is 6.10 Å². The van der Waals surface area contributed by atoms with E-state index >= 15 is 0 Å². The van der Waals surface area contributed by atoms with Gasteiger partial charge in [-0.1, -0.05) is 31.2 Å². The third-order valence-electron chi connectivity index (χ3n) is 3.15. The summed E-state index contributed by atoms with van der Waals surface area (Å²) < 4.78 is 11.1. The predicted octanol–water partition coefficient (Wildman–Crippen LogP) is 2.49. The van der Waals surface area contributed by atoms with Crippen LogP contribution in [0.3, 0.4) is 0 Å². The summed E-state index contributed by atoms with van der Waals surface area (Å²) in [7, 11) is 0. The molecule has 1 aliphatic rings. The molecule has 1 aromatic rings. The smallest absolute Gasteiger partial charge is 0.0834 e. The molecular weight excluding hydrogens is 226 g/mol. The Kier molecular flexibility index (Phi) is 5.65. The quantitative estimate of drug-likeness (QED) is 0.753. The van der Waals surface area contributed by atoms with Gasteiger partial charge in [-0.05, 0) is 30.5 Å². The highest BCUT2D eigenvalue weighted by Gasteiger charge is 2.15. The molecule has 1 aliphatic heterocycles. The van der Waals surface area contributed by atoms with Gasteiger partial charge in [0, 0.05) is 13.2 Å². The first-order chi connectivity index (χ1) is 8.88. The summed E-state index contributed by atoms with van der Waals surface area (Å²) in [5.74, 6) is 0. The van der Waals surface area contributed by atoms with Crippen LogP contribution in [0.25, 0.3) is 0 Å². The molecule has 3 nitrogen and oxygen atoms in total. The van der Waals surface area contributed by atoms with E-state index in [0.717, 1.165) is 32.7 Å². The number of nitrogens with one attached hydrogen (secondary N) is 1. The molecule has 18 heavy (non-hydrogen) atoms. The van der Waals surface area contributed by atoms with Gasteiger partial charge in [0.25, 0.3) is 0 Å². The summed E-state index contributed by atoms with van der Waals surface area (Å²) in [4.78, 5) is 0. The van der Waals surface area contributed by atoms with E-state index in [1.807, 2.05) is 0 Å². The molecule has 1 atom stereocenters. The van der Waals surface area contributed by atoms with E-state index in [1.165, 1.54) is 17.5 Å². The summed E-state index contributed by atoms with van der Waals surface area (Å²) in [5.41, 5.74) is 2.57. The molecule has 0 amide bonds. The Balaban J connectivity index is 1.72. The molecule has 1 aromatic carbocycles. The zero-order chi connectivity index (χ0) is 12.6. The molecule has 1 fully saturated rings. The van der Waals surface area contributed by atoms with Gasteiger partial charge in [-0.25, -0.2) is 0 Å². The summed E-state index contributed by atoms with van der Waals surface area (Å²) in [6.07, 6.45) is 2.49. The number of ether oxygens (including phenoxy) is 2. The second-order valence-corrected chi connectivity index (χ2v) is 4.79. The second kappa shape index (κ2) is 7.52. The summed E-state index contributed by atoms with van der Waals surface area (Å²) in [6, 6.07) is 8.65. The molecule has 1 N–H and O–H groups in total. The SMILES string of the molecule is CCCNCc1ccc(COC2CCOC2)cc1. The van der Waals surface area contributed by atoms with Gasteiger partial charge >= 0.3 is 0 Å². The minimum absolute atomic E-state index is 0.288. The van der Waals surface area contributed by atoms with Crippen LogP contribution in [0.4, 0.5) is 0 Å². The van der Waals surface area contributed by atoms with Crippen molar-refractivity contribution in [2.45, 2.75) is 39.0 Å². The van der Waals surface area contributed by atoms with Gasteiger partial charge in [0.1, 0.15) is 0 Å². The van der Waals surface area contributed by atoms with Crippen LogP contribution in [-0.4, -0.2) is 25.9 Å². The van der Waals surface area contributed by atoms with Crippen LogP contribution >= 0.6 is 0 Å². The third kappa shape index (κ3) is 4.41. The van der Waals surface area contributed by atoms with Crippen LogP contribution in [0.1, 0.15) is 30.9 Å². The van der Waals surface area contributed by atoms with Crippen LogP contribution in [0.5, 0.6) is 0 Å². The lowest BCUT2D eigenvalue weighted by molar-refractivity contribution is 0.0317. The lowest BCUT2D eigenvalue weighted by Crippen LogP contribution is -2.14. The summed E-state index contributed by atoms with van der Waals surface area (Å²) in [6.45, 7) is 6.49. The van der Waals surface area contributed by atoms with E-state index in [2.05, 4.69) is 36.5 Å². The van der Waals surface area contributed by atoms with E-state index in [1.54, 1.807) is 0 Å². The lowest BCUT2D eigenvalue weighted by atomic mass is 10.1. The number of hydrogen-bond acceptors (Lipinski definition) is 3. The van der Waals surface area contributed by atoms with E-state index in [9.17, 15) is 0 Å². The van der Waals surface area contributed by atoms with Crippen LogP contribution in [-0.2, 0) is 22.6 Å². The minimum Gasteiger partial charge on any atom is -0.379 e. The van der Waals surface area contributed by atoms with Crippen molar-refractivity contribution >= 4 is 0 Å². The molecule has 0 bridgehead atoms. The Labute approximate surface area is 109 Å². The number of benzene rings is 1. The van der Waals surface area contributed by atoms with Crippen molar-refractivity contribution in [2.75, 3.05) is 19.8 Å². The first-order valence-electron chi connectivity index (χ1n) is 6.86. The highest BCUT2D eigenvalue weighted by atomic mass is 16.5. The van der Waals surface area contributed by atoms with Crippen molar-refractivity contribution in [3.8, 4) is 0 Å². The van der Waals surface area contributed by atoms with E-state index in [4.69, 9.17) is 9.47 Å². The van der Waals surface area contributed by atoms with Gasteiger partial charge in [-0.15, -0.1) is 0 Å². The maximum Gasteiger partial charge on any atom is 0.0834 e. The van der Waals surface area contributed by atoms with Crippen molar-refractivity contribution < 1.29 is 9.47 Å². The first-order valence-corrected chi connectivity index (χ1v) is 6.86. The van der Waals surface area contributed by atoms with Crippen LogP contribution in [0.15, 0.2) is 24.3 Å². The molecular formula is C15H23NO2. The normalized spacial score (nSPS) is 19.3. The molecule has 0 aromatic heterocycles. The van der Waals surface area contributed by atoms with Crippen molar-refractivity contribution in [3.63, 3.8) is 0 Å².